The number of nitrogens with one attached hydrogen (secondary N) is 1. The second-order valence-electron chi connectivity index (χ2n) is 5.77. The number of rotatable bonds is 4. The Balaban J connectivity index is 1.52. The van der Waals surface area contributed by atoms with Crippen LogP contribution in [0.15, 0.2) is 57.4 Å². The van der Waals surface area contributed by atoms with E-state index in [9.17, 15) is 9.18 Å². The quantitative estimate of drug-likeness (QED) is 0.604. The summed E-state index contributed by atoms with van der Waals surface area (Å²) in [6.07, 6.45) is 0. The molecule has 1 N–H and O–H groups in total. The average Bonchev–Trinajstić information content (AvgIpc) is 3.26. The number of para-hydroxylation sites is 1. The Labute approximate surface area is 147 Å². The van der Waals surface area contributed by atoms with Crippen molar-refractivity contribution < 1.29 is 18.0 Å². The largest absolute Gasteiger partial charge is 0.451 e. The van der Waals surface area contributed by atoms with E-state index in [1.165, 1.54) is 12.1 Å². The van der Waals surface area contributed by atoms with Crippen molar-refractivity contribution in [1.29, 1.82) is 0 Å². The summed E-state index contributed by atoms with van der Waals surface area (Å²) in [5.41, 5.74) is 2.33. The number of carbonyl (C=O) groups excluding carboxylic acids is 1. The summed E-state index contributed by atoms with van der Waals surface area (Å²) in [6.45, 7) is 2.11. The average molecular weight is 351 g/mol. The number of hydrogen-bond acceptors (Lipinski definition) is 5. The molecule has 4 aromatic rings. The molecule has 0 atom stereocenters. The Morgan fingerprint density at radius 1 is 1.08 bits per heavy atom. The monoisotopic (exact) mass is 351 g/mol. The SMILES string of the molecule is Cc1c(-c2nnc(C(=O)NCc3ccc(F)cc3)o2)oc2ccccc12. The van der Waals surface area contributed by atoms with Crippen LogP contribution in [0, 0.1) is 12.7 Å². The summed E-state index contributed by atoms with van der Waals surface area (Å²) in [4.78, 5) is 12.2. The smallest absolute Gasteiger partial charge is 0.309 e. The van der Waals surface area contributed by atoms with Gasteiger partial charge in [0.2, 0.25) is 0 Å². The third-order valence-electron chi connectivity index (χ3n) is 4.02. The second kappa shape index (κ2) is 6.44. The molecule has 0 fully saturated rings. The molecule has 1 amide bonds. The minimum absolute atomic E-state index is 0.144. The third-order valence-corrected chi connectivity index (χ3v) is 4.02. The topological polar surface area (TPSA) is 81.2 Å². The summed E-state index contributed by atoms with van der Waals surface area (Å²) in [7, 11) is 0. The fourth-order valence-corrected chi connectivity index (χ4v) is 2.65. The Kier molecular flexibility index (Phi) is 3.96. The maximum atomic E-state index is 12.9. The predicted octanol–water partition coefficient (Wildman–Crippen LogP) is 3.86. The van der Waals surface area contributed by atoms with E-state index in [0.29, 0.717) is 11.3 Å². The van der Waals surface area contributed by atoms with Crippen molar-refractivity contribution in [2.45, 2.75) is 13.5 Å². The number of carbonyl (C=O) groups is 1. The predicted molar refractivity (Wildman–Crippen MR) is 91.8 cm³/mol. The zero-order valence-corrected chi connectivity index (χ0v) is 13.8. The molecule has 0 bridgehead atoms. The molecule has 0 spiro atoms. The number of furan rings is 1. The van der Waals surface area contributed by atoms with E-state index in [2.05, 4.69) is 15.5 Å². The minimum Gasteiger partial charge on any atom is -0.451 e. The van der Waals surface area contributed by atoms with Gasteiger partial charge in [-0.25, -0.2) is 4.39 Å². The Bertz CT molecular complexity index is 1080. The molecule has 4 rings (SSSR count). The van der Waals surface area contributed by atoms with Gasteiger partial charge < -0.3 is 14.2 Å². The van der Waals surface area contributed by atoms with Crippen LogP contribution < -0.4 is 5.32 Å². The van der Waals surface area contributed by atoms with Crippen molar-refractivity contribution in [1.82, 2.24) is 15.5 Å². The van der Waals surface area contributed by atoms with Crippen molar-refractivity contribution in [2.75, 3.05) is 0 Å². The fraction of sp³-hybridized carbons (Fsp3) is 0.105. The number of halogens is 1. The van der Waals surface area contributed by atoms with Gasteiger partial charge in [-0.15, -0.1) is 10.2 Å². The van der Waals surface area contributed by atoms with Crippen LogP contribution in [-0.2, 0) is 6.54 Å². The van der Waals surface area contributed by atoms with Crippen LogP contribution in [0.3, 0.4) is 0 Å². The van der Waals surface area contributed by atoms with Crippen LogP contribution in [0.25, 0.3) is 22.6 Å². The highest BCUT2D eigenvalue weighted by molar-refractivity contribution is 5.90. The van der Waals surface area contributed by atoms with E-state index >= 15 is 0 Å². The lowest BCUT2D eigenvalue weighted by atomic mass is 10.1. The van der Waals surface area contributed by atoms with E-state index in [1.54, 1.807) is 12.1 Å². The first kappa shape index (κ1) is 16.0. The first-order valence-electron chi connectivity index (χ1n) is 7.96. The molecule has 2 aromatic heterocycles. The van der Waals surface area contributed by atoms with Crippen molar-refractivity contribution in [3.8, 4) is 11.7 Å². The number of aryl methyl sites for hydroxylation is 1. The number of fused-ring (bicyclic) bond motifs is 1. The van der Waals surface area contributed by atoms with Crippen molar-refractivity contribution in [3.63, 3.8) is 0 Å². The summed E-state index contributed by atoms with van der Waals surface area (Å²) in [6, 6.07) is 13.4. The van der Waals surface area contributed by atoms with Crippen LogP contribution in [0.2, 0.25) is 0 Å². The molecule has 0 saturated carbocycles. The first-order chi connectivity index (χ1) is 12.6. The van der Waals surface area contributed by atoms with Gasteiger partial charge in [0.25, 0.3) is 5.89 Å². The van der Waals surface area contributed by atoms with Crippen LogP contribution in [0.4, 0.5) is 4.39 Å². The van der Waals surface area contributed by atoms with Gasteiger partial charge in [-0.2, -0.15) is 0 Å². The van der Waals surface area contributed by atoms with Crippen LogP contribution in [0.1, 0.15) is 21.8 Å². The van der Waals surface area contributed by atoms with Gasteiger partial charge in [-0.3, -0.25) is 4.79 Å². The number of hydrogen-bond donors (Lipinski definition) is 1. The molecule has 0 aliphatic carbocycles. The van der Waals surface area contributed by atoms with Gasteiger partial charge in [-0.05, 0) is 30.7 Å². The van der Waals surface area contributed by atoms with Gasteiger partial charge in [-0.1, -0.05) is 30.3 Å². The molecular weight excluding hydrogens is 337 g/mol. The van der Waals surface area contributed by atoms with Gasteiger partial charge in [0.05, 0.1) is 0 Å². The molecule has 7 heteroatoms. The summed E-state index contributed by atoms with van der Waals surface area (Å²) in [5.74, 6) is -0.423. The lowest BCUT2D eigenvalue weighted by Gasteiger charge is -2.02. The molecule has 6 nitrogen and oxygen atoms in total. The minimum atomic E-state index is -0.512. The zero-order valence-electron chi connectivity index (χ0n) is 13.8. The zero-order chi connectivity index (χ0) is 18.1. The van der Waals surface area contributed by atoms with Crippen molar-refractivity contribution in [3.05, 3.63) is 71.4 Å². The maximum Gasteiger partial charge on any atom is 0.309 e. The molecule has 0 saturated heterocycles. The fourth-order valence-electron chi connectivity index (χ4n) is 2.65. The lowest BCUT2D eigenvalue weighted by molar-refractivity contribution is 0.0916. The van der Waals surface area contributed by atoms with Crippen LogP contribution >= 0.6 is 0 Å². The lowest BCUT2D eigenvalue weighted by Crippen LogP contribution is -2.23. The second-order valence-corrected chi connectivity index (χ2v) is 5.77. The van der Waals surface area contributed by atoms with Gasteiger partial charge in [0, 0.05) is 17.5 Å². The summed E-state index contributed by atoms with van der Waals surface area (Å²) in [5, 5.41) is 11.3. The van der Waals surface area contributed by atoms with Crippen LogP contribution in [-0.4, -0.2) is 16.1 Å². The van der Waals surface area contributed by atoms with Crippen molar-refractivity contribution >= 4 is 16.9 Å². The maximum absolute atomic E-state index is 12.9. The van der Waals surface area contributed by atoms with Gasteiger partial charge in [0.15, 0.2) is 5.76 Å². The van der Waals surface area contributed by atoms with Gasteiger partial charge in [0.1, 0.15) is 11.4 Å². The molecule has 0 aliphatic heterocycles. The van der Waals surface area contributed by atoms with E-state index in [4.69, 9.17) is 8.83 Å². The van der Waals surface area contributed by atoms with Crippen molar-refractivity contribution in [2.24, 2.45) is 0 Å². The standard InChI is InChI=1S/C19H14FN3O3/c1-11-14-4-2-3-5-15(14)25-16(11)18-22-23-19(26-18)17(24)21-10-12-6-8-13(20)9-7-12/h2-9H,10H2,1H3,(H,21,24). The molecule has 2 heterocycles. The molecule has 0 radical (unpaired) electrons. The highest BCUT2D eigenvalue weighted by Crippen LogP contribution is 2.31. The van der Waals surface area contributed by atoms with Gasteiger partial charge >= 0.3 is 11.8 Å². The number of benzene rings is 2. The highest BCUT2D eigenvalue weighted by atomic mass is 19.1. The number of amides is 1. The Morgan fingerprint density at radius 3 is 2.62 bits per heavy atom. The van der Waals surface area contributed by atoms with E-state index < -0.39 is 5.91 Å². The summed E-state index contributed by atoms with van der Waals surface area (Å²) < 4.78 is 24.1. The van der Waals surface area contributed by atoms with E-state index in [0.717, 1.165) is 16.5 Å². The third kappa shape index (κ3) is 2.95. The molecular formula is C19H14FN3O3. The molecule has 26 heavy (non-hydrogen) atoms. The highest BCUT2D eigenvalue weighted by Gasteiger charge is 2.20. The Morgan fingerprint density at radius 2 is 1.85 bits per heavy atom. The van der Waals surface area contributed by atoms with Crippen LogP contribution in [0.5, 0.6) is 0 Å². The summed E-state index contributed by atoms with van der Waals surface area (Å²) >= 11 is 0. The molecule has 0 unspecified atom stereocenters. The number of aromatic nitrogens is 2. The molecule has 130 valence electrons. The number of nitrogens with zero attached hydrogens (tertiary/aromatic N) is 2. The first-order valence-corrected chi connectivity index (χ1v) is 7.96. The van der Waals surface area contributed by atoms with E-state index in [-0.39, 0.29) is 24.1 Å². The molecule has 2 aromatic carbocycles. The van der Waals surface area contributed by atoms with E-state index in [1.807, 2.05) is 31.2 Å². The molecule has 0 aliphatic rings. The Hall–Kier alpha value is -3.48. The normalized spacial score (nSPS) is 11.0.